The summed E-state index contributed by atoms with van der Waals surface area (Å²) in [4.78, 5) is 0. The number of hydrogen-bond acceptors (Lipinski definition) is 3. The summed E-state index contributed by atoms with van der Waals surface area (Å²) in [5, 5.41) is 8.52. The van der Waals surface area contributed by atoms with Crippen molar-refractivity contribution in [2.75, 3.05) is 18.1 Å². The van der Waals surface area contributed by atoms with E-state index in [-0.39, 0.29) is 12.4 Å². The molecule has 1 fully saturated rings. The Morgan fingerprint density at radius 2 is 2.27 bits per heavy atom. The first kappa shape index (κ1) is 8.74. The van der Waals surface area contributed by atoms with Crippen LogP contribution in [0.25, 0.3) is 0 Å². The SMILES string of the molecule is O=S1(=O)CCC/C(=C\CO)C1. The van der Waals surface area contributed by atoms with Gasteiger partial charge < -0.3 is 5.11 Å². The number of aliphatic hydroxyl groups excluding tert-OH is 1. The molecule has 0 unspecified atom stereocenters. The molecule has 11 heavy (non-hydrogen) atoms. The van der Waals surface area contributed by atoms with Crippen LogP contribution in [0.15, 0.2) is 11.6 Å². The molecule has 0 amide bonds. The molecule has 1 N–H and O–H groups in total. The lowest BCUT2D eigenvalue weighted by atomic mass is 10.1. The lowest BCUT2D eigenvalue weighted by Crippen LogP contribution is -2.18. The van der Waals surface area contributed by atoms with Gasteiger partial charge in [0.05, 0.1) is 18.1 Å². The maximum atomic E-state index is 11.0. The Morgan fingerprint density at radius 3 is 2.82 bits per heavy atom. The Kier molecular flexibility index (Phi) is 2.67. The van der Waals surface area contributed by atoms with Crippen LogP contribution >= 0.6 is 0 Å². The Labute approximate surface area is 66.7 Å². The third kappa shape index (κ3) is 2.63. The molecule has 1 rings (SSSR count). The fourth-order valence-corrected chi connectivity index (χ4v) is 2.79. The van der Waals surface area contributed by atoms with Crippen LogP contribution in [0.2, 0.25) is 0 Å². The molecule has 0 saturated carbocycles. The molecule has 0 aromatic heterocycles. The molecule has 0 radical (unpaired) electrons. The van der Waals surface area contributed by atoms with Gasteiger partial charge in [0.15, 0.2) is 9.84 Å². The van der Waals surface area contributed by atoms with Gasteiger partial charge >= 0.3 is 0 Å². The average Bonchev–Trinajstić information content (AvgIpc) is 1.85. The van der Waals surface area contributed by atoms with Crippen LogP contribution in [-0.2, 0) is 9.84 Å². The molecule has 1 saturated heterocycles. The second-order valence-electron chi connectivity index (χ2n) is 2.74. The molecule has 0 aromatic rings. The molecule has 0 aliphatic carbocycles. The highest BCUT2D eigenvalue weighted by Crippen LogP contribution is 2.16. The lowest BCUT2D eigenvalue weighted by molar-refractivity contribution is 0.341. The quantitative estimate of drug-likeness (QED) is 0.577. The summed E-state index contributed by atoms with van der Waals surface area (Å²) in [5.74, 6) is 0.448. The zero-order valence-corrected chi connectivity index (χ0v) is 7.10. The summed E-state index contributed by atoms with van der Waals surface area (Å²) in [5.41, 5.74) is 0.860. The largest absolute Gasteiger partial charge is 0.392 e. The van der Waals surface area contributed by atoms with Crippen molar-refractivity contribution in [1.29, 1.82) is 0 Å². The van der Waals surface area contributed by atoms with Crippen LogP contribution in [0.4, 0.5) is 0 Å². The Balaban J connectivity index is 2.68. The minimum atomic E-state index is -2.83. The molecule has 64 valence electrons. The van der Waals surface area contributed by atoms with Crippen LogP contribution in [-0.4, -0.2) is 31.6 Å². The van der Waals surface area contributed by atoms with Crippen molar-refractivity contribution in [3.05, 3.63) is 11.6 Å². The third-order valence-electron chi connectivity index (χ3n) is 1.74. The molecule has 1 aliphatic rings. The number of sulfone groups is 1. The molecule has 0 atom stereocenters. The predicted molar refractivity (Wildman–Crippen MR) is 43.1 cm³/mol. The minimum absolute atomic E-state index is 0.0507. The normalized spacial score (nSPS) is 27.2. The average molecular weight is 176 g/mol. The van der Waals surface area contributed by atoms with Crippen LogP contribution in [0, 0.1) is 0 Å². The van der Waals surface area contributed by atoms with Gasteiger partial charge in [-0.2, -0.15) is 0 Å². The molecular formula is C7H12O3S. The minimum Gasteiger partial charge on any atom is -0.392 e. The highest BCUT2D eigenvalue weighted by molar-refractivity contribution is 7.91. The second-order valence-corrected chi connectivity index (χ2v) is 4.92. The number of hydrogen-bond donors (Lipinski definition) is 1. The summed E-state index contributed by atoms with van der Waals surface area (Å²) in [6.45, 7) is -0.0507. The molecular weight excluding hydrogens is 164 g/mol. The van der Waals surface area contributed by atoms with E-state index in [1.165, 1.54) is 0 Å². The van der Waals surface area contributed by atoms with Crippen molar-refractivity contribution in [1.82, 2.24) is 0 Å². The van der Waals surface area contributed by atoms with Crippen molar-refractivity contribution < 1.29 is 13.5 Å². The van der Waals surface area contributed by atoms with Gasteiger partial charge in [0, 0.05) is 0 Å². The van der Waals surface area contributed by atoms with E-state index in [0.717, 1.165) is 12.0 Å². The van der Waals surface area contributed by atoms with Crippen LogP contribution < -0.4 is 0 Å². The van der Waals surface area contributed by atoms with Crippen molar-refractivity contribution in [2.24, 2.45) is 0 Å². The molecule has 0 bridgehead atoms. The van der Waals surface area contributed by atoms with Crippen LogP contribution in [0.1, 0.15) is 12.8 Å². The number of rotatable bonds is 1. The first-order valence-electron chi connectivity index (χ1n) is 3.63. The van der Waals surface area contributed by atoms with Crippen molar-refractivity contribution in [2.45, 2.75) is 12.8 Å². The molecule has 4 heteroatoms. The Morgan fingerprint density at radius 1 is 1.55 bits per heavy atom. The zero-order chi connectivity index (χ0) is 8.32. The molecule has 1 heterocycles. The molecule has 0 spiro atoms. The monoisotopic (exact) mass is 176 g/mol. The highest BCUT2D eigenvalue weighted by atomic mass is 32.2. The summed E-state index contributed by atoms with van der Waals surface area (Å²) < 4.78 is 22.0. The second kappa shape index (κ2) is 3.36. The van der Waals surface area contributed by atoms with Crippen LogP contribution in [0.3, 0.4) is 0 Å². The van der Waals surface area contributed by atoms with Gasteiger partial charge in [0.25, 0.3) is 0 Å². The standard InChI is InChI=1S/C7H12O3S/c8-4-3-7-2-1-5-11(9,10)6-7/h3,8H,1-2,4-6H2/b7-3+. The van der Waals surface area contributed by atoms with E-state index in [1.807, 2.05) is 0 Å². The van der Waals surface area contributed by atoms with E-state index in [1.54, 1.807) is 6.08 Å². The maximum Gasteiger partial charge on any atom is 0.154 e. The first-order valence-corrected chi connectivity index (χ1v) is 5.45. The van der Waals surface area contributed by atoms with Gasteiger partial charge in [-0.1, -0.05) is 11.6 Å². The van der Waals surface area contributed by atoms with Crippen LogP contribution in [0.5, 0.6) is 0 Å². The summed E-state index contributed by atoms with van der Waals surface area (Å²) >= 11 is 0. The fraction of sp³-hybridized carbons (Fsp3) is 0.714. The number of aliphatic hydroxyl groups is 1. The summed E-state index contributed by atoms with van der Waals surface area (Å²) in [7, 11) is -2.83. The van der Waals surface area contributed by atoms with Gasteiger partial charge in [0.1, 0.15) is 0 Å². The predicted octanol–water partition coefficient (Wildman–Crippen LogP) is 0.114. The fourth-order valence-electron chi connectivity index (χ4n) is 1.24. The van der Waals surface area contributed by atoms with Crippen molar-refractivity contribution in [3.8, 4) is 0 Å². The topological polar surface area (TPSA) is 54.4 Å². The first-order chi connectivity index (χ1) is 5.14. The molecule has 3 nitrogen and oxygen atoms in total. The van der Waals surface area contributed by atoms with E-state index in [9.17, 15) is 8.42 Å². The van der Waals surface area contributed by atoms with E-state index in [2.05, 4.69) is 0 Å². The van der Waals surface area contributed by atoms with E-state index < -0.39 is 9.84 Å². The summed E-state index contributed by atoms with van der Waals surface area (Å²) in [6.07, 6.45) is 3.12. The van der Waals surface area contributed by atoms with Gasteiger partial charge in [-0.3, -0.25) is 0 Å². The molecule has 1 aliphatic heterocycles. The van der Waals surface area contributed by atoms with E-state index in [4.69, 9.17) is 5.11 Å². The van der Waals surface area contributed by atoms with Gasteiger partial charge in [0.2, 0.25) is 0 Å². The van der Waals surface area contributed by atoms with Crippen molar-refractivity contribution in [3.63, 3.8) is 0 Å². The van der Waals surface area contributed by atoms with Gasteiger partial charge in [-0.15, -0.1) is 0 Å². The zero-order valence-electron chi connectivity index (χ0n) is 6.28. The lowest BCUT2D eigenvalue weighted by Gasteiger charge is -2.13. The van der Waals surface area contributed by atoms with Gasteiger partial charge in [-0.05, 0) is 12.8 Å². The molecule has 0 aromatic carbocycles. The third-order valence-corrected chi connectivity index (χ3v) is 3.46. The van der Waals surface area contributed by atoms with E-state index >= 15 is 0 Å². The smallest absolute Gasteiger partial charge is 0.154 e. The highest BCUT2D eigenvalue weighted by Gasteiger charge is 2.18. The van der Waals surface area contributed by atoms with E-state index in [0.29, 0.717) is 12.2 Å². The Bertz CT molecular complexity index is 251. The summed E-state index contributed by atoms with van der Waals surface area (Å²) in [6, 6.07) is 0. The van der Waals surface area contributed by atoms with Gasteiger partial charge in [-0.25, -0.2) is 8.42 Å². The van der Waals surface area contributed by atoms with Crippen molar-refractivity contribution >= 4 is 9.84 Å². The Hall–Kier alpha value is -0.350. The maximum absolute atomic E-state index is 11.0.